The molecule has 0 saturated carbocycles. The maximum atomic E-state index is 12.2. The quantitative estimate of drug-likeness (QED) is 0.774. The first-order valence-electron chi connectivity index (χ1n) is 6.42. The summed E-state index contributed by atoms with van der Waals surface area (Å²) >= 11 is 0. The van der Waals surface area contributed by atoms with Gasteiger partial charge in [-0.25, -0.2) is 4.98 Å². The summed E-state index contributed by atoms with van der Waals surface area (Å²) in [7, 11) is 3.50. The first-order chi connectivity index (χ1) is 9.66. The maximum absolute atomic E-state index is 12.2. The highest BCUT2D eigenvalue weighted by Crippen LogP contribution is 2.24. The normalized spacial score (nSPS) is 10.7. The Morgan fingerprint density at radius 3 is 2.50 bits per heavy atom. The van der Waals surface area contributed by atoms with Crippen molar-refractivity contribution in [3.63, 3.8) is 0 Å². The lowest BCUT2D eigenvalue weighted by atomic mass is 10.1. The van der Waals surface area contributed by atoms with Gasteiger partial charge in [0.2, 0.25) is 0 Å². The van der Waals surface area contributed by atoms with Crippen molar-refractivity contribution in [1.29, 1.82) is 0 Å². The van der Waals surface area contributed by atoms with Crippen LogP contribution in [-0.4, -0.2) is 34.9 Å². The van der Waals surface area contributed by atoms with Gasteiger partial charge in [0, 0.05) is 19.7 Å². The van der Waals surface area contributed by atoms with Gasteiger partial charge in [0.25, 0.3) is 5.91 Å². The third kappa shape index (κ3) is 2.05. The number of carbonyl (C=O) groups excluding carboxylic acids is 1. The predicted molar refractivity (Wildman–Crippen MR) is 79.5 cm³/mol. The molecule has 0 saturated heterocycles. The van der Waals surface area contributed by atoms with Crippen LogP contribution in [0.25, 0.3) is 22.4 Å². The Balaban J connectivity index is 2.16. The number of para-hydroxylation sites is 2. The second kappa shape index (κ2) is 4.81. The Hall–Kier alpha value is -2.62. The van der Waals surface area contributed by atoms with Gasteiger partial charge in [-0.15, -0.1) is 0 Å². The molecule has 3 aromatic rings. The van der Waals surface area contributed by atoms with Crippen LogP contribution in [0.5, 0.6) is 0 Å². The van der Waals surface area contributed by atoms with E-state index >= 15 is 0 Å². The average Bonchev–Trinajstić information content (AvgIpc) is 2.90. The van der Waals surface area contributed by atoms with E-state index in [0.29, 0.717) is 5.56 Å². The van der Waals surface area contributed by atoms with Crippen molar-refractivity contribution < 1.29 is 4.79 Å². The van der Waals surface area contributed by atoms with Crippen LogP contribution in [-0.2, 0) is 0 Å². The van der Waals surface area contributed by atoms with Crippen LogP contribution >= 0.6 is 0 Å². The minimum Gasteiger partial charge on any atom is -0.345 e. The molecule has 4 nitrogen and oxygen atoms in total. The Morgan fingerprint density at radius 2 is 1.75 bits per heavy atom. The highest BCUT2D eigenvalue weighted by molar-refractivity contribution is 6.00. The third-order valence-electron chi connectivity index (χ3n) is 3.21. The number of rotatable bonds is 2. The number of hydrogen-bond acceptors (Lipinski definition) is 2. The van der Waals surface area contributed by atoms with Crippen molar-refractivity contribution >= 4 is 16.9 Å². The molecular formula is C16H15N3O. The summed E-state index contributed by atoms with van der Waals surface area (Å²) in [5.74, 6) is 0.693. The first kappa shape index (κ1) is 12.4. The second-order valence-electron chi connectivity index (χ2n) is 4.85. The number of H-pyrrole nitrogens is 1. The van der Waals surface area contributed by atoms with Crippen molar-refractivity contribution in [3.8, 4) is 11.4 Å². The van der Waals surface area contributed by atoms with Gasteiger partial charge in [0.05, 0.1) is 16.6 Å². The minimum absolute atomic E-state index is 0.0268. The molecule has 0 atom stereocenters. The topological polar surface area (TPSA) is 49.0 Å². The highest BCUT2D eigenvalue weighted by Gasteiger charge is 2.16. The molecule has 0 unspecified atom stereocenters. The zero-order chi connectivity index (χ0) is 14.1. The van der Waals surface area contributed by atoms with Gasteiger partial charge in [0.1, 0.15) is 5.82 Å². The van der Waals surface area contributed by atoms with Crippen LogP contribution in [0.2, 0.25) is 0 Å². The SMILES string of the molecule is CN(C)C(=O)c1ccccc1-c1nc2ccccc2[nH]1. The number of hydrogen-bond donors (Lipinski definition) is 1. The number of aromatic amines is 1. The molecule has 0 fully saturated rings. The maximum Gasteiger partial charge on any atom is 0.254 e. The molecule has 0 radical (unpaired) electrons. The fraction of sp³-hybridized carbons (Fsp3) is 0.125. The Kier molecular flexibility index (Phi) is 2.99. The molecule has 1 aromatic heterocycles. The highest BCUT2D eigenvalue weighted by atomic mass is 16.2. The van der Waals surface area contributed by atoms with Crippen LogP contribution in [0, 0.1) is 0 Å². The number of fused-ring (bicyclic) bond motifs is 1. The average molecular weight is 265 g/mol. The fourth-order valence-electron chi connectivity index (χ4n) is 2.20. The van der Waals surface area contributed by atoms with Crippen molar-refractivity contribution in [1.82, 2.24) is 14.9 Å². The molecular weight excluding hydrogens is 250 g/mol. The van der Waals surface area contributed by atoms with Crippen LogP contribution < -0.4 is 0 Å². The molecule has 0 spiro atoms. The van der Waals surface area contributed by atoms with Gasteiger partial charge in [-0.05, 0) is 18.2 Å². The monoisotopic (exact) mass is 265 g/mol. The molecule has 0 aliphatic heterocycles. The number of nitrogens with zero attached hydrogens (tertiary/aromatic N) is 2. The third-order valence-corrected chi connectivity index (χ3v) is 3.21. The summed E-state index contributed by atoms with van der Waals surface area (Å²) in [6.07, 6.45) is 0. The van der Waals surface area contributed by atoms with E-state index in [1.165, 1.54) is 0 Å². The number of aromatic nitrogens is 2. The summed E-state index contributed by atoms with van der Waals surface area (Å²) in [5.41, 5.74) is 3.34. The number of carbonyl (C=O) groups is 1. The van der Waals surface area contributed by atoms with Gasteiger partial charge in [-0.1, -0.05) is 30.3 Å². The largest absolute Gasteiger partial charge is 0.345 e. The molecule has 2 aromatic carbocycles. The van der Waals surface area contributed by atoms with E-state index in [1.54, 1.807) is 19.0 Å². The van der Waals surface area contributed by atoms with E-state index in [9.17, 15) is 4.79 Å². The Morgan fingerprint density at radius 1 is 1.05 bits per heavy atom. The van der Waals surface area contributed by atoms with Crippen LogP contribution in [0.1, 0.15) is 10.4 Å². The lowest BCUT2D eigenvalue weighted by molar-refractivity contribution is 0.0828. The van der Waals surface area contributed by atoms with E-state index in [-0.39, 0.29) is 5.91 Å². The molecule has 0 aliphatic rings. The number of benzene rings is 2. The Labute approximate surface area is 117 Å². The Bertz CT molecular complexity index is 741. The van der Waals surface area contributed by atoms with E-state index in [0.717, 1.165) is 22.4 Å². The first-order valence-corrected chi connectivity index (χ1v) is 6.42. The summed E-state index contributed by atoms with van der Waals surface area (Å²) in [5, 5.41) is 0. The summed E-state index contributed by atoms with van der Waals surface area (Å²) in [6.45, 7) is 0. The fourth-order valence-corrected chi connectivity index (χ4v) is 2.20. The number of imidazole rings is 1. The number of nitrogens with one attached hydrogen (secondary N) is 1. The summed E-state index contributed by atoms with van der Waals surface area (Å²) < 4.78 is 0. The van der Waals surface area contributed by atoms with Crippen LogP contribution in [0.4, 0.5) is 0 Å². The molecule has 1 amide bonds. The van der Waals surface area contributed by atoms with Crippen LogP contribution in [0.15, 0.2) is 48.5 Å². The predicted octanol–water partition coefficient (Wildman–Crippen LogP) is 2.93. The van der Waals surface area contributed by atoms with Crippen molar-refractivity contribution in [2.24, 2.45) is 0 Å². The lowest BCUT2D eigenvalue weighted by Crippen LogP contribution is -2.22. The van der Waals surface area contributed by atoms with E-state index in [2.05, 4.69) is 9.97 Å². The lowest BCUT2D eigenvalue weighted by Gasteiger charge is -2.12. The number of amides is 1. The smallest absolute Gasteiger partial charge is 0.254 e. The molecule has 4 heteroatoms. The van der Waals surface area contributed by atoms with Crippen molar-refractivity contribution in [2.75, 3.05) is 14.1 Å². The van der Waals surface area contributed by atoms with E-state index in [4.69, 9.17) is 0 Å². The molecule has 1 heterocycles. The molecule has 0 aliphatic carbocycles. The molecule has 0 bridgehead atoms. The van der Waals surface area contributed by atoms with Gasteiger partial charge in [-0.2, -0.15) is 0 Å². The van der Waals surface area contributed by atoms with Gasteiger partial charge in [-0.3, -0.25) is 4.79 Å². The molecule has 100 valence electrons. The van der Waals surface area contributed by atoms with Gasteiger partial charge >= 0.3 is 0 Å². The zero-order valence-corrected chi connectivity index (χ0v) is 11.4. The van der Waals surface area contributed by atoms with Gasteiger partial charge < -0.3 is 9.88 Å². The molecule has 1 N–H and O–H groups in total. The minimum atomic E-state index is -0.0268. The standard InChI is InChI=1S/C16H15N3O/c1-19(2)16(20)12-8-4-3-7-11(12)15-17-13-9-5-6-10-14(13)18-15/h3-10H,1-2H3,(H,17,18). The van der Waals surface area contributed by atoms with Crippen molar-refractivity contribution in [3.05, 3.63) is 54.1 Å². The van der Waals surface area contributed by atoms with Crippen molar-refractivity contribution in [2.45, 2.75) is 0 Å². The molecule has 3 rings (SSSR count). The van der Waals surface area contributed by atoms with E-state index in [1.807, 2.05) is 48.5 Å². The van der Waals surface area contributed by atoms with E-state index < -0.39 is 0 Å². The molecule has 20 heavy (non-hydrogen) atoms. The van der Waals surface area contributed by atoms with Gasteiger partial charge in [0.15, 0.2) is 0 Å². The summed E-state index contributed by atoms with van der Waals surface area (Å²) in [6, 6.07) is 15.3. The zero-order valence-electron chi connectivity index (χ0n) is 11.4. The summed E-state index contributed by atoms with van der Waals surface area (Å²) in [4.78, 5) is 21.6. The second-order valence-corrected chi connectivity index (χ2v) is 4.85. The van der Waals surface area contributed by atoms with Crippen LogP contribution in [0.3, 0.4) is 0 Å².